The highest BCUT2D eigenvalue weighted by molar-refractivity contribution is 5.98. The van der Waals surface area contributed by atoms with Crippen LogP contribution in [0, 0.1) is 0 Å². The SMILES string of the molecule is CCOC(=O)c1cc(-c2ccc(-c3ccccc3)cc2)nc(N)c1N. The lowest BCUT2D eigenvalue weighted by atomic mass is 10.0. The number of nitrogens with two attached hydrogens (primary N) is 2. The third-order valence-corrected chi connectivity index (χ3v) is 3.87. The summed E-state index contributed by atoms with van der Waals surface area (Å²) in [5.74, 6) is -0.385. The van der Waals surface area contributed by atoms with E-state index in [1.54, 1.807) is 13.0 Å². The normalized spacial score (nSPS) is 10.4. The highest BCUT2D eigenvalue weighted by Gasteiger charge is 2.16. The van der Waals surface area contributed by atoms with Crippen molar-refractivity contribution < 1.29 is 9.53 Å². The minimum absolute atomic E-state index is 0.118. The summed E-state index contributed by atoms with van der Waals surface area (Å²) < 4.78 is 5.03. The monoisotopic (exact) mass is 333 g/mol. The highest BCUT2D eigenvalue weighted by atomic mass is 16.5. The number of hydrogen-bond acceptors (Lipinski definition) is 5. The van der Waals surface area contributed by atoms with E-state index in [2.05, 4.69) is 4.98 Å². The van der Waals surface area contributed by atoms with Crippen molar-refractivity contribution in [2.75, 3.05) is 18.1 Å². The molecule has 3 rings (SSSR count). The number of hydrogen-bond donors (Lipinski definition) is 2. The van der Waals surface area contributed by atoms with Crippen LogP contribution in [0.25, 0.3) is 22.4 Å². The third kappa shape index (κ3) is 3.45. The van der Waals surface area contributed by atoms with Crippen molar-refractivity contribution in [1.82, 2.24) is 4.98 Å². The average molecular weight is 333 g/mol. The van der Waals surface area contributed by atoms with Crippen LogP contribution in [0.2, 0.25) is 0 Å². The van der Waals surface area contributed by atoms with Gasteiger partial charge in [-0.05, 0) is 24.1 Å². The first kappa shape index (κ1) is 16.5. The molecule has 0 bridgehead atoms. The van der Waals surface area contributed by atoms with Crippen LogP contribution >= 0.6 is 0 Å². The number of carbonyl (C=O) groups is 1. The maximum absolute atomic E-state index is 12.1. The lowest BCUT2D eigenvalue weighted by Crippen LogP contribution is -2.11. The van der Waals surface area contributed by atoms with Crippen molar-refractivity contribution in [2.24, 2.45) is 0 Å². The number of rotatable bonds is 4. The number of esters is 1. The lowest BCUT2D eigenvalue weighted by Gasteiger charge is -2.11. The summed E-state index contributed by atoms with van der Waals surface area (Å²) in [5.41, 5.74) is 15.8. The Bertz CT molecular complexity index is 891. The second-order valence-corrected chi connectivity index (χ2v) is 5.52. The van der Waals surface area contributed by atoms with E-state index < -0.39 is 5.97 Å². The number of aromatic nitrogens is 1. The van der Waals surface area contributed by atoms with Crippen molar-refractivity contribution >= 4 is 17.5 Å². The zero-order valence-electron chi connectivity index (χ0n) is 13.9. The molecule has 0 aliphatic rings. The van der Waals surface area contributed by atoms with Crippen LogP contribution in [-0.2, 0) is 4.74 Å². The van der Waals surface area contributed by atoms with E-state index >= 15 is 0 Å². The summed E-state index contributed by atoms with van der Waals surface area (Å²) in [6, 6.07) is 19.6. The van der Waals surface area contributed by atoms with Crippen molar-refractivity contribution in [3.63, 3.8) is 0 Å². The van der Waals surface area contributed by atoms with E-state index in [1.807, 2.05) is 54.6 Å². The minimum atomic E-state index is -0.503. The zero-order chi connectivity index (χ0) is 17.8. The number of ether oxygens (including phenoxy) is 1. The Morgan fingerprint density at radius 3 is 2.20 bits per heavy atom. The molecule has 0 atom stereocenters. The largest absolute Gasteiger partial charge is 0.462 e. The van der Waals surface area contributed by atoms with E-state index in [9.17, 15) is 4.79 Å². The summed E-state index contributed by atoms with van der Waals surface area (Å²) in [5, 5.41) is 0. The first-order chi connectivity index (χ1) is 12.1. The summed E-state index contributed by atoms with van der Waals surface area (Å²) in [6.45, 7) is 2.00. The predicted molar refractivity (Wildman–Crippen MR) is 99.9 cm³/mol. The van der Waals surface area contributed by atoms with Crippen LogP contribution in [0.3, 0.4) is 0 Å². The quantitative estimate of drug-likeness (QED) is 0.709. The van der Waals surface area contributed by atoms with Gasteiger partial charge in [0.15, 0.2) is 0 Å². The standard InChI is InChI=1S/C20H19N3O2/c1-2-25-20(24)16-12-17(23-19(22)18(16)21)15-10-8-14(9-11-15)13-6-4-3-5-7-13/h3-12H,2,21H2,1H3,(H2,22,23). The molecule has 0 fully saturated rings. The van der Waals surface area contributed by atoms with Crippen LogP contribution in [-0.4, -0.2) is 17.6 Å². The molecular formula is C20H19N3O2. The lowest BCUT2D eigenvalue weighted by molar-refractivity contribution is 0.0527. The Hall–Kier alpha value is -3.34. The predicted octanol–water partition coefficient (Wildman–Crippen LogP) is 3.76. The van der Waals surface area contributed by atoms with Gasteiger partial charge in [-0.2, -0.15) is 0 Å². The molecule has 25 heavy (non-hydrogen) atoms. The summed E-state index contributed by atoms with van der Waals surface area (Å²) >= 11 is 0. The molecule has 0 saturated carbocycles. The van der Waals surface area contributed by atoms with Gasteiger partial charge in [-0.15, -0.1) is 0 Å². The van der Waals surface area contributed by atoms with Crippen LogP contribution in [0.4, 0.5) is 11.5 Å². The van der Waals surface area contributed by atoms with E-state index in [1.165, 1.54) is 0 Å². The second kappa shape index (κ2) is 7.05. The molecular weight excluding hydrogens is 314 g/mol. The molecule has 5 heteroatoms. The topological polar surface area (TPSA) is 91.2 Å². The van der Waals surface area contributed by atoms with Gasteiger partial charge in [0.25, 0.3) is 0 Å². The maximum atomic E-state index is 12.1. The molecule has 4 N–H and O–H groups in total. The Labute approximate surface area is 146 Å². The van der Waals surface area contributed by atoms with Gasteiger partial charge >= 0.3 is 5.97 Å². The molecule has 2 aromatic carbocycles. The summed E-state index contributed by atoms with van der Waals surface area (Å²) in [6.07, 6.45) is 0. The number of nitrogens with zero attached hydrogens (tertiary/aromatic N) is 1. The molecule has 0 saturated heterocycles. The van der Waals surface area contributed by atoms with Gasteiger partial charge in [0.2, 0.25) is 0 Å². The fourth-order valence-electron chi connectivity index (χ4n) is 2.56. The molecule has 0 amide bonds. The number of carbonyl (C=O) groups excluding carboxylic acids is 1. The van der Waals surface area contributed by atoms with Gasteiger partial charge in [-0.3, -0.25) is 0 Å². The van der Waals surface area contributed by atoms with E-state index in [0.717, 1.165) is 16.7 Å². The highest BCUT2D eigenvalue weighted by Crippen LogP contribution is 2.28. The summed E-state index contributed by atoms with van der Waals surface area (Å²) in [7, 11) is 0. The number of benzene rings is 2. The minimum Gasteiger partial charge on any atom is -0.462 e. The summed E-state index contributed by atoms with van der Waals surface area (Å²) in [4.78, 5) is 16.3. The van der Waals surface area contributed by atoms with Gasteiger partial charge in [0.1, 0.15) is 5.82 Å². The van der Waals surface area contributed by atoms with Gasteiger partial charge in [-0.1, -0.05) is 54.6 Å². The smallest absolute Gasteiger partial charge is 0.340 e. The molecule has 126 valence electrons. The van der Waals surface area contributed by atoms with Crippen LogP contribution in [0.5, 0.6) is 0 Å². The number of pyridine rings is 1. The van der Waals surface area contributed by atoms with Gasteiger partial charge in [-0.25, -0.2) is 9.78 Å². The number of anilines is 2. The second-order valence-electron chi connectivity index (χ2n) is 5.52. The maximum Gasteiger partial charge on any atom is 0.340 e. The average Bonchev–Trinajstić information content (AvgIpc) is 2.65. The van der Waals surface area contributed by atoms with E-state index in [0.29, 0.717) is 5.69 Å². The van der Waals surface area contributed by atoms with Crippen LogP contribution in [0.1, 0.15) is 17.3 Å². The Kier molecular flexibility index (Phi) is 4.66. The third-order valence-electron chi connectivity index (χ3n) is 3.87. The number of nitrogen functional groups attached to an aromatic ring is 2. The Morgan fingerprint density at radius 2 is 1.56 bits per heavy atom. The van der Waals surface area contributed by atoms with Gasteiger partial charge in [0.05, 0.1) is 23.6 Å². The molecule has 0 spiro atoms. The fraction of sp³-hybridized carbons (Fsp3) is 0.100. The Morgan fingerprint density at radius 1 is 0.960 bits per heavy atom. The van der Waals surface area contributed by atoms with Crippen LogP contribution in [0.15, 0.2) is 60.7 Å². The molecule has 0 radical (unpaired) electrons. The van der Waals surface area contributed by atoms with Crippen molar-refractivity contribution in [3.05, 3.63) is 66.2 Å². The first-order valence-corrected chi connectivity index (χ1v) is 7.99. The molecule has 3 aromatic rings. The van der Waals surface area contributed by atoms with Crippen molar-refractivity contribution in [1.29, 1.82) is 0 Å². The fourth-order valence-corrected chi connectivity index (χ4v) is 2.56. The van der Waals surface area contributed by atoms with E-state index in [4.69, 9.17) is 16.2 Å². The molecule has 0 unspecified atom stereocenters. The van der Waals surface area contributed by atoms with Gasteiger partial charge < -0.3 is 16.2 Å². The first-order valence-electron chi connectivity index (χ1n) is 7.99. The van der Waals surface area contributed by atoms with Crippen LogP contribution < -0.4 is 11.5 Å². The Balaban J connectivity index is 1.98. The molecule has 1 heterocycles. The molecule has 0 aliphatic carbocycles. The molecule has 0 aliphatic heterocycles. The molecule has 1 aromatic heterocycles. The van der Waals surface area contributed by atoms with E-state index in [-0.39, 0.29) is 23.7 Å². The van der Waals surface area contributed by atoms with Crippen molar-refractivity contribution in [2.45, 2.75) is 6.92 Å². The zero-order valence-corrected chi connectivity index (χ0v) is 13.9. The molecule has 5 nitrogen and oxygen atoms in total. The van der Waals surface area contributed by atoms with Crippen molar-refractivity contribution in [3.8, 4) is 22.4 Å². The van der Waals surface area contributed by atoms with Gasteiger partial charge in [0, 0.05) is 5.56 Å².